The number of benzene rings is 1. The molecule has 0 saturated heterocycles. The molecule has 0 aliphatic rings. The second kappa shape index (κ2) is 17.1. The molecule has 1 heterocycles. The van der Waals surface area contributed by atoms with Crippen LogP contribution in [0.4, 0.5) is 0 Å². The second-order valence-corrected chi connectivity index (χ2v) is 9.34. The van der Waals surface area contributed by atoms with Crippen molar-refractivity contribution in [1.29, 1.82) is 0 Å². The number of guanidine groups is 2. The van der Waals surface area contributed by atoms with E-state index in [1.807, 2.05) is 12.1 Å². The maximum absolute atomic E-state index is 13.4. The van der Waals surface area contributed by atoms with Gasteiger partial charge in [-0.3, -0.25) is 19.6 Å². The summed E-state index contributed by atoms with van der Waals surface area (Å²) in [7, 11) is 2.79. The van der Waals surface area contributed by atoms with Crippen LogP contribution in [0.1, 0.15) is 31.4 Å². The molecule has 13 N–H and O–H groups in total. The van der Waals surface area contributed by atoms with Crippen LogP contribution in [0.25, 0.3) is 11.4 Å². The fraction of sp³-hybridized carbons (Fsp3) is 0.462. The number of esters is 1. The van der Waals surface area contributed by atoms with Gasteiger partial charge in [0.1, 0.15) is 23.7 Å². The standard InChI is InChI=1S/C26H41N11O5/c1-41-17-9-7-15(8-10-17)21-34-14-16(35-21)13-20(37-22(38)18(27)5-3-11-32-25(28)29)23(39)36-19(24(40)42-2)6-4-12-33-26(30)31/h7-10,14,18-20H,3-6,11-13,27H2,1-2H3,(H,34,35)(H,36,39)(H,37,38)(H4,28,29,32)(H4,30,31,33)/t18-,19-,20-/m0/s1. The lowest BCUT2D eigenvalue weighted by Gasteiger charge is -2.23. The second-order valence-electron chi connectivity index (χ2n) is 9.34. The van der Waals surface area contributed by atoms with Gasteiger partial charge < -0.3 is 53.8 Å². The van der Waals surface area contributed by atoms with Gasteiger partial charge in [0.25, 0.3) is 0 Å². The first kappa shape index (κ1) is 33.3. The Balaban J connectivity index is 2.20. The molecule has 42 heavy (non-hydrogen) atoms. The van der Waals surface area contributed by atoms with E-state index in [9.17, 15) is 14.4 Å². The number of ether oxygens (including phenoxy) is 2. The van der Waals surface area contributed by atoms with Crippen molar-refractivity contribution in [3.8, 4) is 17.1 Å². The van der Waals surface area contributed by atoms with E-state index in [1.165, 1.54) is 7.11 Å². The lowest BCUT2D eigenvalue weighted by atomic mass is 10.1. The quantitative estimate of drug-likeness (QED) is 0.0442. The Hall–Kier alpha value is -4.86. The van der Waals surface area contributed by atoms with E-state index in [0.29, 0.717) is 36.7 Å². The molecule has 0 spiro atoms. The number of aromatic amines is 1. The number of rotatable bonds is 17. The van der Waals surface area contributed by atoms with E-state index in [0.717, 1.165) is 5.56 Å². The monoisotopic (exact) mass is 587 g/mol. The molecular weight excluding hydrogens is 546 g/mol. The van der Waals surface area contributed by atoms with Crippen molar-refractivity contribution in [2.45, 2.75) is 50.2 Å². The first-order valence-electron chi connectivity index (χ1n) is 13.3. The summed E-state index contributed by atoms with van der Waals surface area (Å²) in [5.74, 6) is -0.722. The smallest absolute Gasteiger partial charge is 0.328 e. The molecule has 3 atom stereocenters. The summed E-state index contributed by atoms with van der Waals surface area (Å²) in [6.45, 7) is 0.555. The minimum Gasteiger partial charge on any atom is -0.497 e. The number of hydrogen-bond donors (Lipinski definition) is 8. The maximum atomic E-state index is 13.4. The Morgan fingerprint density at radius 2 is 1.50 bits per heavy atom. The molecule has 1 aromatic carbocycles. The van der Waals surface area contributed by atoms with Crippen molar-refractivity contribution < 1.29 is 23.9 Å². The molecule has 16 heteroatoms. The molecule has 0 fully saturated rings. The molecule has 230 valence electrons. The van der Waals surface area contributed by atoms with Crippen molar-refractivity contribution in [1.82, 2.24) is 20.6 Å². The molecule has 16 nitrogen and oxygen atoms in total. The highest BCUT2D eigenvalue weighted by Crippen LogP contribution is 2.20. The Kier molecular flexibility index (Phi) is 13.5. The summed E-state index contributed by atoms with van der Waals surface area (Å²) in [5.41, 5.74) is 28.8. The van der Waals surface area contributed by atoms with Gasteiger partial charge in [-0.2, -0.15) is 0 Å². The number of hydrogen-bond acceptors (Lipinski definition) is 9. The van der Waals surface area contributed by atoms with Gasteiger partial charge in [0.05, 0.1) is 20.3 Å². The third-order valence-corrected chi connectivity index (χ3v) is 6.10. The van der Waals surface area contributed by atoms with Gasteiger partial charge in [0, 0.05) is 37.0 Å². The predicted molar refractivity (Wildman–Crippen MR) is 158 cm³/mol. The Morgan fingerprint density at radius 3 is 2.07 bits per heavy atom. The number of aromatic nitrogens is 2. The van der Waals surface area contributed by atoms with Gasteiger partial charge in [-0.25, -0.2) is 9.78 Å². The number of carbonyl (C=O) groups is 3. The lowest BCUT2D eigenvalue weighted by Crippen LogP contribution is -2.55. The number of nitrogens with one attached hydrogen (secondary N) is 3. The molecule has 2 aromatic rings. The highest BCUT2D eigenvalue weighted by atomic mass is 16.5. The van der Waals surface area contributed by atoms with E-state index < -0.39 is 35.9 Å². The molecule has 2 rings (SSSR count). The Labute approximate surface area is 243 Å². The topological polar surface area (TPSA) is 277 Å². The Bertz CT molecular complexity index is 1220. The van der Waals surface area contributed by atoms with Gasteiger partial charge in [-0.1, -0.05) is 0 Å². The molecular formula is C26H41N11O5. The third-order valence-electron chi connectivity index (χ3n) is 6.10. The summed E-state index contributed by atoms with van der Waals surface area (Å²) in [5, 5.41) is 5.35. The van der Waals surface area contributed by atoms with Crippen molar-refractivity contribution in [3.63, 3.8) is 0 Å². The van der Waals surface area contributed by atoms with Crippen LogP contribution in [0.5, 0.6) is 5.75 Å². The number of nitrogens with two attached hydrogens (primary N) is 5. The van der Waals surface area contributed by atoms with E-state index in [4.69, 9.17) is 38.1 Å². The van der Waals surface area contributed by atoms with Crippen LogP contribution in [-0.2, 0) is 25.5 Å². The third kappa shape index (κ3) is 11.3. The normalized spacial score (nSPS) is 12.7. The van der Waals surface area contributed by atoms with E-state index in [2.05, 4.69) is 30.6 Å². The molecule has 0 bridgehead atoms. The van der Waals surface area contributed by atoms with Gasteiger partial charge in [-0.05, 0) is 49.9 Å². The van der Waals surface area contributed by atoms with Gasteiger partial charge in [0.15, 0.2) is 11.9 Å². The van der Waals surface area contributed by atoms with Crippen LogP contribution < -0.4 is 44.0 Å². The summed E-state index contributed by atoms with van der Waals surface area (Å²) >= 11 is 0. The minimum atomic E-state index is -1.10. The van der Waals surface area contributed by atoms with Gasteiger partial charge in [0.2, 0.25) is 11.8 Å². The molecule has 0 radical (unpaired) electrons. The molecule has 0 aliphatic carbocycles. The number of nitrogens with zero attached hydrogens (tertiary/aromatic N) is 3. The van der Waals surface area contributed by atoms with Crippen molar-refractivity contribution in [2.24, 2.45) is 38.7 Å². The Morgan fingerprint density at radius 1 is 0.905 bits per heavy atom. The van der Waals surface area contributed by atoms with E-state index in [1.54, 1.807) is 25.4 Å². The van der Waals surface area contributed by atoms with E-state index in [-0.39, 0.29) is 37.7 Å². The fourth-order valence-corrected chi connectivity index (χ4v) is 3.88. The maximum Gasteiger partial charge on any atom is 0.328 e. The average Bonchev–Trinajstić information content (AvgIpc) is 3.44. The lowest BCUT2D eigenvalue weighted by molar-refractivity contribution is -0.145. The molecule has 0 unspecified atom stereocenters. The average molecular weight is 588 g/mol. The summed E-state index contributed by atoms with van der Waals surface area (Å²) in [4.78, 5) is 54.1. The van der Waals surface area contributed by atoms with Crippen molar-refractivity contribution in [3.05, 3.63) is 36.2 Å². The number of amides is 2. The summed E-state index contributed by atoms with van der Waals surface area (Å²) in [6.07, 6.45) is 2.91. The van der Waals surface area contributed by atoms with Crippen LogP contribution in [0.2, 0.25) is 0 Å². The van der Waals surface area contributed by atoms with Crippen molar-refractivity contribution in [2.75, 3.05) is 27.3 Å². The molecule has 1 aromatic heterocycles. The highest BCUT2D eigenvalue weighted by molar-refractivity contribution is 5.92. The zero-order valence-electron chi connectivity index (χ0n) is 23.8. The first-order chi connectivity index (χ1) is 20.0. The molecule has 0 saturated carbocycles. The zero-order chi connectivity index (χ0) is 31.1. The number of methoxy groups -OCH3 is 2. The van der Waals surface area contributed by atoms with Crippen LogP contribution in [0, 0.1) is 0 Å². The molecule has 0 aliphatic heterocycles. The largest absolute Gasteiger partial charge is 0.497 e. The number of H-pyrrole nitrogens is 1. The first-order valence-corrected chi connectivity index (χ1v) is 13.3. The SMILES string of the molecule is COC(=O)[C@H](CCCN=C(N)N)NC(=O)[C@H](Cc1cnc(-c2ccc(OC)cc2)[nH]1)NC(=O)[C@@H](N)CCCN=C(N)N. The molecule has 2 amide bonds. The number of imidazole rings is 1. The summed E-state index contributed by atoms with van der Waals surface area (Å²) in [6, 6.07) is 4.22. The minimum absolute atomic E-state index is 0.0311. The van der Waals surface area contributed by atoms with Crippen LogP contribution in [0.3, 0.4) is 0 Å². The summed E-state index contributed by atoms with van der Waals surface area (Å²) < 4.78 is 10.0. The fourth-order valence-electron chi connectivity index (χ4n) is 3.88. The predicted octanol–water partition coefficient (Wildman–Crippen LogP) is -1.80. The number of carbonyl (C=O) groups excluding carboxylic acids is 3. The van der Waals surface area contributed by atoms with Gasteiger partial charge >= 0.3 is 5.97 Å². The van der Waals surface area contributed by atoms with E-state index >= 15 is 0 Å². The van der Waals surface area contributed by atoms with Crippen LogP contribution in [-0.4, -0.2) is 85.1 Å². The number of aliphatic imine (C=N–C) groups is 2. The van der Waals surface area contributed by atoms with Crippen molar-refractivity contribution >= 4 is 29.7 Å². The van der Waals surface area contributed by atoms with Crippen LogP contribution >= 0.6 is 0 Å². The highest BCUT2D eigenvalue weighted by Gasteiger charge is 2.29. The van der Waals surface area contributed by atoms with Gasteiger partial charge in [-0.15, -0.1) is 0 Å². The zero-order valence-corrected chi connectivity index (χ0v) is 23.8. The van der Waals surface area contributed by atoms with Crippen LogP contribution in [0.15, 0.2) is 40.4 Å².